The molecule has 0 spiro atoms. The monoisotopic (exact) mass is 278 g/mol. The maximum atomic E-state index is 12.6. The summed E-state index contributed by atoms with van der Waals surface area (Å²) in [6.07, 6.45) is 4.27. The predicted octanol–water partition coefficient (Wildman–Crippen LogP) is 1.94. The normalized spacial score (nSPS) is 26.8. The van der Waals surface area contributed by atoms with E-state index in [1.807, 2.05) is 17.7 Å². The van der Waals surface area contributed by atoms with Crippen molar-refractivity contribution < 1.29 is 9.59 Å². The van der Waals surface area contributed by atoms with Gasteiger partial charge in [0.25, 0.3) is 5.91 Å². The third-order valence-electron chi connectivity index (χ3n) is 4.14. The van der Waals surface area contributed by atoms with Crippen LogP contribution in [0.5, 0.6) is 0 Å². The summed E-state index contributed by atoms with van der Waals surface area (Å²) < 4.78 is 0. The highest BCUT2D eigenvalue weighted by molar-refractivity contribution is 7.08. The van der Waals surface area contributed by atoms with Crippen molar-refractivity contribution in [1.82, 2.24) is 10.2 Å². The fourth-order valence-electron chi connectivity index (χ4n) is 3.13. The average Bonchev–Trinajstić information content (AvgIpc) is 2.83. The standard InChI is InChI=1S/C14H18N2O2S/c1-9-7-19-8-10(9)14(18)16-6-13(17)15-11-4-2-3-5-12(11)16/h7-8,11-12H,2-6H2,1H3,(H,15,17)/t11-,12+/m0/s1. The van der Waals surface area contributed by atoms with Crippen molar-refractivity contribution in [2.75, 3.05) is 6.54 Å². The number of nitrogens with zero attached hydrogens (tertiary/aromatic N) is 1. The minimum absolute atomic E-state index is 0.0190. The average molecular weight is 278 g/mol. The highest BCUT2D eigenvalue weighted by Crippen LogP contribution is 2.28. The fraction of sp³-hybridized carbons (Fsp3) is 0.571. The van der Waals surface area contributed by atoms with E-state index in [9.17, 15) is 9.59 Å². The lowest BCUT2D eigenvalue weighted by atomic mass is 9.87. The largest absolute Gasteiger partial charge is 0.350 e. The predicted molar refractivity (Wildman–Crippen MR) is 74.3 cm³/mol. The quantitative estimate of drug-likeness (QED) is 0.853. The van der Waals surface area contributed by atoms with Crippen LogP contribution in [0.1, 0.15) is 41.6 Å². The Morgan fingerprint density at radius 1 is 1.37 bits per heavy atom. The molecule has 0 unspecified atom stereocenters. The molecule has 1 aromatic heterocycles. The van der Waals surface area contributed by atoms with Gasteiger partial charge in [0.2, 0.25) is 5.91 Å². The maximum absolute atomic E-state index is 12.6. The molecule has 2 amide bonds. The molecule has 2 fully saturated rings. The zero-order valence-corrected chi connectivity index (χ0v) is 11.8. The number of piperazine rings is 1. The highest BCUT2D eigenvalue weighted by Gasteiger charge is 2.39. The van der Waals surface area contributed by atoms with Crippen LogP contribution in [0.3, 0.4) is 0 Å². The van der Waals surface area contributed by atoms with Gasteiger partial charge in [-0.25, -0.2) is 0 Å². The zero-order valence-electron chi connectivity index (χ0n) is 11.0. The third kappa shape index (κ3) is 2.27. The van der Waals surface area contributed by atoms with Crippen LogP contribution in [-0.2, 0) is 4.79 Å². The van der Waals surface area contributed by atoms with Gasteiger partial charge < -0.3 is 10.2 Å². The van der Waals surface area contributed by atoms with Gasteiger partial charge in [-0.2, -0.15) is 11.3 Å². The molecule has 0 aromatic carbocycles. The van der Waals surface area contributed by atoms with Gasteiger partial charge in [0.05, 0.1) is 11.6 Å². The number of thiophene rings is 1. The second kappa shape index (κ2) is 4.96. The molecular formula is C14H18N2O2S. The first-order chi connectivity index (χ1) is 9.16. The van der Waals surface area contributed by atoms with Gasteiger partial charge in [0.15, 0.2) is 0 Å². The Morgan fingerprint density at radius 3 is 2.89 bits per heavy atom. The number of fused-ring (bicyclic) bond motifs is 1. The molecule has 2 atom stereocenters. The number of amides is 2. The first kappa shape index (κ1) is 12.7. The van der Waals surface area contributed by atoms with E-state index in [1.165, 1.54) is 0 Å². The Kier molecular flexibility index (Phi) is 3.31. The van der Waals surface area contributed by atoms with Gasteiger partial charge in [0, 0.05) is 11.4 Å². The summed E-state index contributed by atoms with van der Waals surface area (Å²) in [5, 5.41) is 6.91. The molecule has 1 aromatic rings. The van der Waals surface area contributed by atoms with Gasteiger partial charge in [-0.3, -0.25) is 9.59 Å². The molecule has 0 bridgehead atoms. The molecule has 102 valence electrons. The van der Waals surface area contributed by atoms with E-state index in [-0.39, 0.29) is 30.4 Å². The number of carbonyl (C=O) groups excluding carboxylic acids is 2. The third-order valence-corrected chi connectivity index (χ3v) is 5.00. The minimum Gasteiger partial charge on any atom is -0.350 e. The SMILES string of the molecule is Cc1cscc1C(=O)N1CC(=O)N[C@H]2CCCC[C@H]21. The number of aryl methyl sites for hydroxylation is 1. The molecule has 4 nitrogen and oxygen atoms in total. The van der Waals surface area contributed by atoms with Crippen LogP contribution in [0.25, 0.3) is 0 Å². The van der Waals surface area contributed by atoms with Crippen LogP contribution in [0.15, 0.2) is 10.8 Å². The number of nitrogens with one attached hydrogen (secondary N) is 1. The first-order valence-corrected chi connectivity index (χ1v) is 7.74. The van der Waals surface area contributed by atoms with Crippen molar-refractivity contribution >= 4 is 23.2 Å². The zero-order chi connectivity index (χ0) is 13.4. The van der Waals surface area contributed by atoms with Crippen molar-refractivity contribution in [3.05, 3.63) is 21.9 Å². The molecule has 2 heterocycles. The van der Waals surface area contributed by atoms with Crippen LogP contribution in [0.2, 0.25) is 0 Å². The van der Waals surface area contributed by atoms with Crippen molar-refractivity contribution in [3.63, 3.8) is 0 Å². The van der Waals surface area contributed by atoms with Crippen molar-refractivity contribution in [2.45, 2.75) is 44.7 Å². The summed E-state index contributed by atoms with van der Waals surface area (Å²) in [4.78, 5) is 26.2. The fourth-order valence-corrected chi connectivity index (χ4v) is 3.96. The number of hydrogen-bond acceptors (Lipinski definition) is 3. The lowest BCUT2D eigenvalue weighted by Crippen LogP contribution is -2.62. The van der Waals surface area contributed by atoms with E-state index in [0.717, 1.165) is 36.8 Å². The Hall–Kier alpha value is -1.36. The van der Waals surface area contributed by atoms with Crippen LogP contribution in [0, 0.1) is 6.92 Å². The molecule has 1 saturated heterocycles. The second-order valence-corrected chi connectivity index (χ2v) is 6.17. The van der Waals surface area contributed by atoms with Crippen LogP contribution >= 0.6 is 11.3 Å². The number of rotatable bonds is 1. The molecule has 1 aliphatic heterocycles. The molecule has 1 N–H and O–H groups in total. The lowest BCUT2D eigenvalue weighted by molar-refractivity contribution is -0.127. The molecule has 0 radical (unpaired) electrons. The maximum Gasteiger partial charge on any atom is 0.255 e. The minimum atomic E-state index is -0.0237. The van der Waals surface area contributed by atoms with Gasteiger partial charge in [0.1, 0.15) is 6.54 Å². The molecular weight excluding hydrogens is 260 g/mol. The van der Waals surface area contributed by atoms with Crippen LogP contribution < -0.4 is 5.32 Å². The van der Waals surface area contributed by atoms with E-state index in [2.05, 4.69) is 5.32 Å². The summed E-state index contributed by atoms with van der Waals surface area (Å²) in [6.45, 7) is 2.15. The summed E-state index contributed by atoms with van der Waals surface area (Å²) >= 11 is 1.54. The number of hydrogen-bond donors (Lipinski definition) is 1. The van der Waals surface area contributed by atoms with Crippen molar-refractivity contribution in [3.8, 4) is 0 Å². The van der Waals surface area contributed by atoms with E-state index >= 15 is 0 Å². The summed E-state index contributed by atoms with van der Waals surface area (Å²) in [7, 11) is 0. The number of carbonyl (C=O) groups is 2. The lowest BCUT2D eigenvalue weighted by Gasteiger charge is -2.43. The second-order valence-electron chi connectivity index (χ2n) is 5.43. The molecule has 1 aliphatic carbocycles. The Balaban J connectivity index is 1.87. The first-order valence-electron chi connectivity index (χ1n) is 6.80. The van der Waals surface area contributed by atoms with Crippen molar-refractivity contribution in [1.29, 1.82) is 0 Å². The van der Waals surface area contributed by atoms with E-state index in [1.54, 1.807) is 16.2 Å². The van der Waals surface area contributed by atoms with Gasteiger partial charge in [-0.15, -0.1) is 0 Å². The molecule has 19 heavy (non-hydrogen) atoms. The summed E-state index contributed by atoms with van der Waals surface area (Å²) in [5.74, 6) is -0.00474. The molecule has 3 rings (SSSR count). The van der Waals surface area contributed by atoms with Gasteiger partial charge in [-0.05, 0) is 30.7 Å². The Labute approximate surface area is 116 Å². The Morgan fingerprint density at radius 2 is 2.16 bits per heavy atom. The Bertz CT molecular complexity index is 511. The molecule has 1 saturated carbocycles. The van der Waals surface area contributed by atoms with Gasteiger partial charge >= 0.3 is 0 Å². The van der Waals surface area contributed by atoms with Crippen LogP contribution in [0.4, 0.5) is 0 Å². The van der Waals surface area contributed by atoms with Gasteiger partial charge in [-0.1, -0.05) is 12.8 Å². The topological polar surface area (TPSA) is 49.4 Å². The van der Waals surface area contributed by atoms with Crippen molar-refractivity contribution in [2.24, 2.45) is 0 Å². The van der Waals surface area contributed by atoms with Crippen LogP contribution in [-0.4, -0.2) is 35.3 Å². The molecule has 5 heteroatoms. The molecule has 2 aliphatic rings. The van der Waals surface area contributed by atoms with E-state index < -0.39 is 0 Å². The smallest absolute Gasteiger partial charge is 0.255 e. The van der Waals surface area contributed by atoms with E-state index in [0.29, 0.717) is 0 Å². The highest BCUT2D eigenvalue weighted by atomic mass is 32.1. The summed E-state index contributed by atoms with van der Waals surface area (Å²) in [6, 6.07) is 0.330. The summed E-state index contributed by atoms with van der Waals surface area (Å²) in [5.41, 5.74) is 1.76. The van der Waals surface area contributed by atoms with E-state index in [4.69, 9.17) is 0 Å².